The van der Waals surface area contributed by atoms with Gasteiger partial charge in [-0.25, -0.2) is 44.9 Å². The standard InChI is InChI=1S/C22H21N3O.2C21H21N5O.C20H23N3O.C18H19N3O/c1-13-9-11-16-17-12-10-14(2)23-22(17)26-21(16)20(13)25-15(3)24(4)18-7-5-6-8-19(18)25;2*1-12(2)25-14(4)26(20-19(25)22-10-11-23-20)17-13(3)7-8-15-16-6-5-9-24-21(16)27-18(15)17;1-12(2)22-10-11-23(15(22)5)18-13(3)6-8-16-17-9-7-14(4)21-20(17)24-19(16)18;1-11-5-7-14-15-8-6-12(2)19-18(15)22-17(14)16(11)21-10-9-20(4)13(21)3/h5-12,15H,1-4H3;2*5-12,14H,1-4H3;6-12,15H,1-5H3;5-10,13H,1-4H3/i;2*12D;;. The summed E-state index contributed by atoms with van der Waals surface area (Å²) in [5.74, 6) is 2.89. The molecular weight excluding hydrogens is 1570 g/mol. The van der Waals surface area contributed by atoms with Crippen molar-refractivity contribution in [3.05, 3.63) is 252 Å². The molecule has 0 amide bonds. The van der Waals surface area contributed by atoms with E-state index < -0.39 is 12.0 Å². The first kappa shape index (κ1) is 78.9. The van der Waals surface area contributed by atoms with Gasteiger partial charge in [0.05, 0.1) is 42.6 Å². The molecule has 5 unspecified atom stereocenters. The number of benzene rings is 6. The molecule has 0 saturated carbocycles. The summed E-state index contributed by atoms with van der Waals surface area (Å²) in [7, 11) is 4.22. The van der Waals surface area contributed by atoms with Crippen LogP contribution in [0.4, 0.5) is 63.1 Å². The van der Waals surface area contributed by atoms with Crippen molar-refractivity contribution in [2.24, 2.45) is 0 Å². The molecule has 5 atom stereocenters. The molecule has 18 aromatic rings. The minimum atomic E-state index is -0.851. The van der Waals surface area contributed by atoms with Crippen LogP contribution in [0, 0.1) is 55.4 Å². The zero-order valence-corrected chi connectivity index (χ0v) is 75.1. The van der Waals surface area contributed by atoms with E-state index in [9.17, 15) is 0 Å². The van der Waals surface area contributed by atoms with Crippen molar-refractivity contribution in [3.63, 3.8) is 0 Å². The fourth-order valence-corrected chi connectivity index (χ4v) is 18.9. The highest BCUT2D eigenvalue weighted by Crippen LogP contribution is 2.52. The van der Waals surface area contributed by atoms with Gasteiger partial charge in [-0.3, -0.25) is 9.80 Å². The monoisotopic (exact) mass is 1680 g/mol. The van der Waals surface area contributed by atoms with E-state index in [0.717, 1.165) is 150 Å². The molecule has 5 aliphatic heterocycles. The van der Waals surface area contributed by atoms with Gasteiger partial charge in [0, 0.05) is 165 Å². The number of hydrogen-bond donors (Lipinski definition) is 0. The van der Waals surface area contributed by atoms with Crippen LogP contribution in [-0.2, 0) is 0 Å². The van der Waals surface area contributed by atoms with E-state index in [4.69, 9.17) is 24.8 Å². The van der Waals surface area contributed by atoms with Crippen molar-refractivity contribution in [3.8, 4) is 0 Å². The van der Waals surface area contributed by atoms with Gasteiger partial charge in [-0.2, -0.15) is 0 Å². The summed E-state index contributed by atoms with van der Waals surface area (Å²) < 4.78 is 48.3. The number of fused-ring (bicyclic) bond motifs is 18. The second kappa shape index (κ2) is 31.8. The maximum Gasteiger partial charge on any atom is 0.227 e. The molecule has 24 nitrogen and oxygen atoms in total. The fraction of sp³-hybridized carbons (Fsp3) is 0.284. The van der Waals surface area contributed by atoms with Crippen LogP contribution in [0.2, 0.25) is 0 Å². The number of aromatic nitrogens is 9. The van der Waals surface area contributed by atoms with E-state index in [-0.39, 0.29) is 30.8 Å². The van der Waals surface area contributed by atoms with Crippen LogP contribution < -0.4 is 39.2 Å². The van der Waals surface area contributed by atoms with Crippen LogP contribution in [0.3, 0.4) is 0 Å². The topological polar surface area (TPSA) is 214 Å². The largest absolute Gasteiger partial charge is 0.435 e. The Labute approximate surface area is 735 Å². The first-order chi connectivity index (χ1) is 61.3. The van der Waals surface area contributed by atoms with Gasteiger partial charge in [0.15, 0.2) is 51.2 Å². The van der Waals surface area contributed by atoms with Crippen molar-refractivity contribution in [1.82, 2.24) is 54.7 Å². The fourth-order valence-electron chi connectivity index (χ4n) is 18.9. The van der Waals surface area contributed by atoms with Crippen LogP contribution in [0.5, 0.6) is 0 Å². The van der Waals surface area contributed by atoms with E-state index in [2.05, 4.69) is 309 Å². The second-order valence-corrected chi connectivity index (χ2v) is 34.2. The number of aryl methyl sites for hydroxylation is 8. The average Bonchev–Trinajstić information content (AvgIpc) is 1.51. The Morgan fingerprint density at radius 3 is 1.01 bits per heavy atom. The minimum absolute atomic E-state index is 0.143. The Balaban J connectivity index is 0.000000104. The Bertz CT molecular complexity index is 7290. The summed E-state index contributed by atoms with van der Waals surface area (Å²) in [6.07, 6.45) is 19.2. The Hall–Kier alpha value is -14.3. The molecule has 23 rings (SSSR count). The van der Waals surface area contributed by atoms with Gasteiger partial charge >= 0.3 is 0 Å². The number of furan rings is 5. The molecule has 6 aromatic carbocycles. The second-order valence-electron chi connectivity index (χ2n) is 34.2. The van der Waals surface area contributed by atoms with E-state index in [1.807, 2.05) is 101 Å². The van der Waals surface area contributed by atoms with E-state index in [1.165, 1.54) is 28.1 Å². The lowest BCUT2D eigenvalue weighted by atomic mass is 10.1. The van der Waals surface area contributed by atoms with Crippen LogP contribution in [0.25, 0.3) is 110 Å². The van der Waals surface area contributed by atoms with E-state index in [1.54, 1.807) is 37.2 Å². The minimum Gasteiger partial charge on any atom is -0.435 e. The number of rotatable bonds is 8. The maximum atomic E-state index is 8.65. The molecule has 638 valence electrons. The van der Waals surface area contributed by atoms with E-state index in [0.29, 0.717) is 46.2 Å². The molecule has 0 N–H and O–H groups in total. The molecule has 12 aromatic heterocycles. The third kappa shape index (κ3) is 13.4. The van der Waals surface area contributed by atoms with Gasteiger partial charge in [0.2, 0.25) is 28.6 Å². The average molecular weight is 1680 g/mol. The number of anilines is 11. The highest BCUT2D eigenvalue weighted by Gasteiger charge is 2.43. The van der Waals surface area contributed by atoms with Gasteiger partial charge in [0.1, 0.15) is 30.8 Å². The van der Waals surface area contributed by atoms with Crippen LogP contribution >= 0.6 is 0 Å². The molecule has 24 heteroatoms. The van der Waals surface area contributed by atoms with Crippen LogP contribution in [0.15, 0.2) is 230 Å². The lowest BCUT2D eigenvalue weighted by Crippen LogP contribution is -2.42. The summed E-state index contributed by atoms with van der Waals surface area (Å²) >= 11 is 0. The van der Waals surface area contributed by atoms with Gasteiger partial charge in [0.25, 0.3) is 0 Å². The first-order valence-corrected chi connectivity index (χ1v) is 43.1. The number of para-hydroxylation sites is 2. The summed E-state index contributed by atoms with van der Waals surface area (Å²) in [5.41, 5.74) is 24.1. The van der Waals surface area contributed by atoms with Crippen molar-refractivity contribution in [2.75, 3.05) is 53.3 Å². The van der Waals surface area contributed by atoms with Crippen LogP contribution in [0.1, 0.15) is 124 Å². The predicted octanol–water partition coefficient (Wildman–Crippen LogP) is 24.2. The summed E-state index contributed by atoms with van der Waals surface area (Å²) in [6, 6.07) is 48.8. The van der Waals surface area contributed by atoms with Gasteiger partial charge in [-0.15, -0.1) is 0 Å². The van der Waals surface area contributed by atoms with Crippen molar-refractivity contribution in [1.29, 1.82) is 0 Å². The Morgan fingerprint density at radius 1 is 0.302 bits per heavy atom. The Morgan fingerprint density at radius 2 is 0.635 bits per heavy atom. The van der Waals surface area contributed by atoms with Gasteiger partial charge < -0.3 is 61.3 Å². The van der Waals surface area contributed by atoms with Gasteiger partial charge in [-0.1, -0.05) is 72.8 Å². The SMILES string of the molecule is Cc1ccc2c(n1)oc1c(N3C=CN(C(C)C)C3C)c(C)ccc12.Cc1ccc2c(n1)oc1c(N3C=CN(C)C3C)c(C)ccc12.Cc1ccc2c(n1)oc1c(N3c4ccccc4N(C)C3C)c(C)ccc12.[2H]C(C)(C)N1c2nccnc2N(c2c(C)ccc3c2oc2ncccc23)C1C.[2H]C(C)(C)N1c2nccnc2N(c2c(C)ccc3c2oc2ncccc23)C1C. The molecule has 0 aliphatic carbocycles. The van der Waals surface area contributed by atoms with E-state index >= 15 is 0 Å². The molecule has 5 aliphatic rings. The number of hydrogen-bond acceptors (Lipinski definition) is 24. The quantitative estimate of drug-likeness (QED) is 0.138. The third-order valence-electron chi connectivity index (χ3n) is 25.3. The molecule has 0 saturated heterocycles. The molecule has 0 radical (unpaired) electrons. The normalized spacial score (nSPS) is 17.6. The molecular formula is C102H105N19O5. The third-order valence-corrected chi connectivity index (χ3v) is 25.3. The molecule has 126 heavy (non-hydrogen) atoms. The van der Waals surface area contributed by atoms with Crippen molar-refractivity contribution < 1.29 is 24.8 Å². The highest BCUT2D eigenvalue weighted by atomic mass is 16.4. The predicted molar refractivity (Wildman–Crippen MR) is 511 cm³/mol. The number of pyridine rings is 5. The summed E-state index contributed by atoms with van der Waals surface area (Å²) in [4.78, 5) is 62.7. The molecule has 0 fully saturated rings. The molecule has 17 heterocycles. The highest BCUT2D eigenvalue weighted by molar-refractivity contribution is 6.14. The maximum absolute atomic E-state index is 8.65. The lowest BCUT2D eigenvalue weighted by Gasteiger charge is -2.33. The van der Waals surface area contributed by atoms with Crippen molar-refractivity contribution in [2.45, 2.75) is 180 Å². The van der Waals surface area contributed by atoms with Gasteiger partial charge in [-0.05, 0) is 232 Å². The zero-order chi connectivity index (χ0) is 89.7. The zero-order valence-electron chi connectivity index (χ0n) is 77.1. The lowest BCUT2D eigenvalue weighted by molar-refractivity contribution is 0.263. The summed E-state index contributed by atoms with van der Waals surface area (Å²) in [6.45, 7) is 39.2. The van der Waals surface area contributed by atoms with Crippen molar-refractivity contribution >= 4 is 173 Å². The van der Waals surface area contributed by atoms with Crippen LogP contribution in [-0.4, -0.2) is 118 Å². The smallest absolute Gasteiger partial charge is 0.227 e. The molecule has 0 spiro atoms. The summed E-state index contributed by atoms with van der Waals surface area (Å²) in [5, 5.41) is 10.6. The molecule has 0 bridgehead atoms. The number of nitrogens with zero attached hydrogens (tertiary/aromatic N) is 19. The first-order valence-electron chi connectivity index (χ1n) is 44.1. The Kier molecular flexibility index (Phi) is 19.9.